The summed E-state index contributed by atoms with van der Waals surface area (Å²) in [7, 11) is 0. The summed E-state index contributed by atoms with van der Waals surface area (Å²) in [5.74, 6) is 1.48. The first-order valence-corrected chi connectivity index (χ1v) is 13.3. The molecule has 6 aliphatic rings. The molecule has 2 heterocycles. The molecule has 0 aromatic carbocycles. The van der Waals surface area contributed by atoms with Crippen LogP contribution in [0.4, 0.5) is 0 Å². The Balaban J connectivity index is 1.28. The fraction of sp³-hybridized carbons (Fsp3) is 0.759. The molecule has 4 nitrogen and oxygen atoms in total. The van der Waals surface area contributed by atoms with Crippen molar-refractivity contribution in [3.8, 4) is 0 Å². The van der Waals surface area contributed by atoms with Crippen LogP contribution < -0.4 is 0 Å². The van der Waals surface area contributed by atoms with E-state index in [1.807, 2.05) is 0 Å². The second kappa shape index (κ2) is 7.31. The number of fused-ring (bicyclic) bond motifs is 7. The molecule has 2 aliphatic heterocycles. The molecule has 9 atom stereocenters. The average molecular weight is 453 g/mol. The Morgan fingerprint density at radius 1 is 1.12 bits per heavy atom. The van der Waals surface area contributed by atoms with Gasteiger partial charge in [0.15, 0.2) is 5.79 Å². The molecular weight excluding hydrogens is 412 g/mol. The average Bonchev–Trinajstić information content (AvgIpc) is 3.21. The van der Waals surface area contributed by atoms with Crippen molar-refractivity contribution in [3.05, 3.63) is 35.5 Å². The molecule has 0 bridgehead atoms. The van der Waals surface area contributed by atoms with Crippen LogP contribution in [0.25, 0.3) is 0 Å². The highest BCUT2D eigenvalue weighted by atomic mass is 16.7. The summed E-state index contributed by atoms with van der Waals surface area (Å²) in [4.78, 5) is 11.5. The minimum atomic E-state index is -0.526. The van der Waals surface area contributed by atoms with Gasteiger partial charge in [-0.15, -0.1) is 0 Å². The largest absolute Gasteiger partial charge is 0.462 e. The van der Waals surface area contributed by atoms with Crippen LogP contribution in [-0.4, -0.2) is 30.6 Å². The molecule has 2 saturated heterocycles. The first kappa shape index (κ1) is 22.1. The summed E-state index contributed by atoms with van der Waals surface area (Å²) in [6.07, 6.45) is 13.7. The standard InChI is InChI=1S/C29H40O4/c1-17-8-13-29(31-16-17)18(2)26-25(33-29)15-24-22-7-6-20-14-21(32-19(3)30)9-11-27(20,4)23(22)10-12-28(24,26)5/h6-7,17,21,23-26H,2,8-16H2,1,3-5H3/t17?,21?,23-,24-,25-,26-,27-,28-,29+/m0/s1. The topological polar surface area (TPSA) is 44.8 Å². The molecule has 0 aromatic heterocycles. The van der Waals surface area contributed by atoms with Crippen LogP contribution >= 0.6 is 0 Å². The van der Waals surface area contributed by atoms with E-state index in [2.05, 4.69) is 39.5 Å². The molecule has 6 rings (SSSR count). The zero-order valence-electron chi connectivity index (χ0n) is 20.8. The fourth-order valence-electron chi connectivity index (χ4n) is 8.81. The van der Waals surface area contributed by atoms with Crippen molar-refractivity contribution in [1.29, 1.82) is 0 Å². The summed E-state index contributed by atoms with van der Waals surface area (Å²) < 4.78 is 18.7. The third-order valence-electron chi connectivity index (χ3n) is 10.6. The summed E-state index contributed by atoms with van der Waals surface area (Å²) in [5.41, 5.74) is 4.76. The number of allylic oxidation sites excluding steroid dienone is 3. The van der Waals surface area contributed by atoms with Gasteiger partial charge in [-0.05, 0) is 72.7 Å². The molecule has 1 spiro atoms. The lowest BCUT2D eigenvalue weighted by atomic mass is 9.50. The van der Waals surface area contributed by atoms with E-state index in [4.69, 9.17) is 14.2 Å². The SMILES string of the molecule is C=C1[C@H]2[C@H](C[C@H]3C4=CC=C5CC(OC(C)=O)CC[C@]5(C)[C@H]4CC[C@@]32C)O[C@]12CCC(C)CO2. The Hall–Kier alpha value is -1.39. The van der Waals surface area contributed by atoms with E-state index >= 15 is 0 Å². The number of rotatable bonds is 1. The molecule has 3 saturated carbocycles. The van der Waals surface area contributed by atoms with Gasteiger partial charge >= 0.3 is 5.97 Å². The highest BCUT2D eigenvalue weighted by Crippen LogP contribution is 2.69. The van der Waals surface area contributed by atoms with E-state index in [1.165, 1.54) is 30.9 Å². The number of hydrogen-bond acceptors (Lipinski definition) is 4. The van der Waals surface area contributed by atoms with Gasteiger partial charge in [-0.2, -0.15) is 0 Å². The Kier molecular flexibility index (Phi) is 4.89. The molecule has 4 heteroatoms. The quantitative estimate of drug-likeness (QED) is 0.355. The third-order valence-corrected chi connectivity index (χ3v) is 10.6. The lowest BCUT2D eigenvalue weighted by Crippen LogP contribution is -2.47. The van der Waals surface area contributed by atoms with E-state index in [0.717, 1.165) is 45.1 Å². The maximum Gasteiger partial charge on any atom is 0.302 e. The van der Waals surface area contributed by atoms with Crippen molar-refractivity contribution in [3.63, 3.8) is 0 Å². The predicted octanol–water partition coefficient (Wildman–Crippen LogP) is 6.12. The van der Waals surface area contributed by atoms with Crippen molar-refractivity contribution in [2.75, 3.05) is 6.61 Å². The van der Waals surface area contributed by atoms with Crippen LogP contribution in [0.3, 0.4) is 0 Å². The lowest BCUT2D eigenvalue weighted by Gasteiger charge is -2.55. The highest BCUT2D eigenvalue weighted by molar-refractivity contribution is 5.66. The maximum absolute atomic E-state index is 11.5. The Morgan fingerprint density at radius 2 is 1.94 bits per heavy atom. The fourth-order valence-corrected chi connectivity index (χ4v) is 8.81. The van der Waals surface area contributed by atoms with Crippen LogP contribution in [0, 0.1) is 34.5 Å². The molecule has 0 aromatic rings. The first-order chi connectivity index (χ1) is 15.7. The van der Waals surface area contributed by atoms with Gasteiger partial charge in [-0.1, -0.05) is 50.6 Å². The van der Waals surface area contributed by atoms with E-state index in [1.54, 1.807) is 5.57 Å². The first-order valence-electron chi connectivity index (χ1n) is 13.3. The minimum Gasteiger partial charge on any atom is -0.462 e. The number of esters is 1. The van der Waals surface area contributed by atoms with Crippen molar-refractivity contribution in [1.82, 2.24) is 0 Å². The molecule has 0 radical (unpaired) electrons. The van der Waals surface area contributed by atoms with Gasteiger partial charge in [0, 0.05) is 25.7 Å². The third kappa shape index (κ3) is 3.05. The summed E-state index contributed by atoms with van der Waals surface area (Å²) >= 11 is 0. The zero-order chi connectivity index (χ0) is 23.2. The summed E-state index contributed by atoms with van der Waals surface area (Å²) in [6.45, 7) is 14.2. The highest BCUT2D eigenvalue weighted by Gasteiger charge is 2.66. The van der Waals surface area contributed by atoms with Crippen LogP contribution in [0.2, 0.25) is 0 Å². The van der Waals surface area contributed by atoms with Gasteiger partial charge in [0.05, 0.1) is 12.7 Å². The molecule has 5 fully saturated rings. The molecule has 0 amide bonds. The van der Waals surface area contributed by atoms with E-state index in [9.17, 15) is 4.79 Å². The smallest absolute Gasteiger partial charge is 0.302 e. The number of carbonyl (C=O) groups is 1. The van der Waals surface area contributed by atoms with Crippen LogP contribution in [0.5, 0.6) is 0 Å². The number of carbonyl (C=O) groups excluding carboxylic acids is 1. The van der Waals surface area contributed by atoms with Crippen molar-refractivity contribution in [2.45, 2.75) is 97.1 Å². The van der Waals surface area contributed by atoms with E-state index < -0.39 is 5.79 Å². The van der Waals surface area contributed by atoms with Crippen LogP contribution in [0.15, 0.2) is 35.5 Å². The molecule has 33 heavy (non-hydrogen) atoms. The lowest BCUT2D eigenvalue weighted by molar-refractivity contribution is -0.236. The molecule has 2 unspecified atom stereocenters. The van der Waals surface area contributed by atoms with Crippen molar-refractivity contribution >= 4 is 5.97 Å². The number of ether oxygens (including phenoxy) is 3. The van der Waals surface area contributed by atoms with Gasteiger partial charge in [0.25, 0.3) is 0 Å². The van der Waals surface area contributed by atoms with Gasteiger partial charge in [-0.25, -0.2) is 0 Å². The monoisotopic (exact) mass is 452 g/mol. The second-order valence-electron chi connectivity index (χ2n) is 12.5. The maximum atomic E-state index is 11.5. The van der Waals surface area contributed by atoms with Crippen molar-refractivity contribution < 1.29 is 19.0 Å². The number of hydrogen-bond donors (Lipinski definition) is 0. The van der Waals surface area contributed by atoms with E-state index in [-0.39, 0.29) is 29.0 Å². The molecular formula is C29H40O4. The van der Waals surface area contributed by atoms with Crippen molar-refractivity contribution in [2.24, 2.45) is 34.5 Å². The molecule has 0 N–H and O–H groups in total. The zero-order valence-corrected chi connectivity index (χ0v) is 20.8. The second-order valence-corrected chi connectivity index (χ2v) is 12.5. The van der Waals surface area contributed by atoms with Gasteiger partial charge in [0.1, 0.15) is 6.10 Å². The predicted molar refractivity (Wildman–Crippen MR) is 127 cm³/mol. The van der Waals surface area contributed by atoms with Gasteiger partial charge in [-0.3, -0.25) is 4.79 Å². The van der Waals surface area contributed by atoms with Gasteiger partial charge < -0.3 is 14.2 Å². The van der Waals surface area contributed by atoms with Gasteiger partial charge in [0.2, 0.25) is 0 Å². The Labute approximate surface area is 198 Å². The van der Waals surface area contributed by atoms with Crippen LogP contribution in [0.1, 0.15) is 79.1 Å². The summed E-state index contributed by atoms with van der Waals surface area (Å²) in [5, 5.41) is 0. The normalized spacial score (nSPS) is 50.6. The van der Waals surface area contributed by atoms with E-state index in [0.29, 0.717) is 23.7 Å². The molecule has 4 aliphatic carbocycles. The summed E-state index contributed by atoms with van der Waals surface area (Å²) in [6, 6.07) is 0. The Bertz CT molecular complexity index is 937. The minimum absolute atomic E-state index is 0.0441. The Morgan fingerprint density at radius 3 is 2.67 bits per heavy atom. The van der Waals surface area contributed by atoms with Crippen LogP contribution in [-0.2, 0) is 19.0 Å². The molecule has 180 valence electrons.